The summed E-state index contributed by atoms with van der Waals surface area (Å²) in [6.07, 6.45) is 9.62. The number of hydrogen-bond donors (Lipinski definition) is 2. The zero-order valence-electron chi connectivity index (χ0n) is 14.3. The first kappa shape index (κ1) is 16.1. The van der Waals surface area contributed by atoms with Crippen LogP contribution in [0.1, 0.15) is 44.3 Å². The van der Waals surface area contributed by atoms with Crippen molar-refractivity contribution in [3.8, 4) is 0 Å². The van der Waals surface area contributed by atoms with Gasteiger partial charge in [-0.3, -0.25) is 9.69 Å². The molecular weight excluding hydrogens is 304 g/mol. The number of nitrogens with zero attached hydrogens (tertiary/aromatic N) is 3. The fraction of sp³-hybridized carbons (Fsp3) is 0.778. The maximum atomic E-state index is 12.7. The molecule has 4 rings (SSSR count). The number of imidazole rings is 1. The van der Waals surface area contributed by atoms with Crippen LogP contribution in [0.15, 0.2) is 12.4 Å². The van der Waals surface area contributed by atoms with Gasteiger partial charge in [0.2, 0.25) is 5.91 Å². The standard InChI is InChI=1S/C18H28N4O2/c23-17(14-3-1-2-4-14)22-10-6-18(24)5-9-21(11-15(18)12-22)13-16-19-7-8-20-16/h7-8,14-15,24H,1-6,9-13H2,(H,19,20)/t15-,18-/m1/s1. The molecule has 1 aromatic heterocycles. The predicted octanol–water partition coefficient (Wildman–Crippen LogP) is 1.39. The number of fused-ring (bicyclic) bond motifs is 1. The summed E-state index contributed by atoms with van der Waals surface area (Å²) in [7, 11) is 0. The molecule has 0 bridgehead atoms. The molecular formula is C18H28N4O2. The summed E-state index contributed by atoms with van der Waals surface area (Å²) in [6, 6.07) is 0. The summed E-state index contributed by atoms with van der Waals surface area (Å²) in [6.45, 7) is 3.95. The van der Waals surface area contributed by atoms with E-state index in [-0.39, 0.29) is 11.8 Å². The third-order valence-electron chi connectivity index (χ3n) is 6.30. The molecule has 3 fully saturated rings. The number of nitrogens with one attached hydrogen (secondary N) is 1. The van der Waals surface area contributed by atoms with E-state index < -0.39 is 5.60 Å². The molecule has 1 aromatic rings. The van der Waals surface area contributed by atoms with Gasteiger partial charge in [0.25, 0.3) is 0 Å². The molecule has 0 aromatic carbocycles. The highest BCUT2D eigenvalue weighted by atomic mass is 16.3. The summed E-state index contributed by atoms with van der Waals surface area (Å²) in [5, 5.41) is 11.0. The van der Waals surface area contributed by atoms with Crippen molar-refractivity contribution in [2.75, 3.05) is 26.2 Å². The maximum absolute atomic E-state index is 12.7. The van der Waals surface area contributed by atoms with Gasteiger partial charge in [0.05, 0.1) is 12.1 Å². The summed E-state index contributed by atoms with van der Waals surface area (Å²) >= 11 is 0. The van der Waals surface area contributed by atoms with E-state index in [2.05, 4.69) is 14.9 Å². The highest BCUT2D eigenvalue weighted by Gasteiger charge is 2.46. The van der Waals surface area contributed by atoms with Crippen LogP contribution in [0.5, 0.6) is 0 Å². The van der Waals surface area contributed by atoms with E-state index in [9.17, 15) is 9.90 Å². The van der Waals surface area contributed by atoms with Crippen LogP contribution in [-0.4, -0.2) is 62.6 Å². The second-order valence-electron chi connectivity index (χ2n) is 7.84. The van der Waals surface area contributed by atoms with Crippen LogP contribution in [0.3, 0.4) is 0 Å². The van der Waals surface area contributed by atoms with Gasteiger partial charge >= 0.3 is 0 Å². The molecule has 1 amide bonds. The molecule has 1 saturated carbocycles. The lowest BCUT2D eigenvalue weighted by Gasteiger charge is -2.50. The van der Waals surface area contributed by atoms with Gasteiger partial charge in [-0.15, -0.1) is 0 Å². The number of carbonyl (C=O) groups excluding carboxylic acids is 1. The number of hydrogen-bond acceptors (Lipinski definition) is 4. The van der Waals surface area contributed by atoms with Crippen molar-refractivity contribution in [3.05, 3.63) is 18.2 Å². The Morgan fingerprint density at radius 2 is 2.08 bits per heavy atom. The molecule has 2 N–H and O–H groups in total. The fourth-order valence-electron chi connectivity index (χ4n) is 4.74. The van der Waals surface area contributed by atoms with Gasteiger partial charge in [-0.05, 0) is 25.7 Å². The Balaban J connectivity index is 1.40. The monoisotopic (exact) mass is 332 g/mol. The lowest BCUT2D eigenvalue weighted by Crippen LogP contribution is -2.61. The van der Waals surface area contributed by atoms with Crippen LogP contribution in [0.4, 0.5) is 0 Å². The van der Waals surface area contributed by atoms with Crippen molar-refractivity contribution < 1.29 is 9.90 Å². The van der Waals surface area contributed by atoms with E-state index in [1.807, 2.05) is 11.1 Å². The molecule has 6 heteroatoms. The number of rotatable bonds is 3. The minimum atomic E-state index is -0.591. The van der Waals surface area contributed by atoms with Gasteiger partial charge < -0.3 is 15.0 Å². The molecule has 2 aliphatic heterocycles. The highest BCUT2D eigenvalue weighted by Crippen LogP contribution is 2.37. The lowest BCUT2D eigenvalue weighted by atomic mass is 9.75. The third-order valence-corrected chi connectivity index (χ3v) is 6.30. The summed E-state index contributed by atoms with van der Waals surface area (Å²) in [5.74, 6) is 1.69. The van der Waals surface area contributed by atoms with Gasteiger partial charge in [-0.1, -0.05) is 12.8 Å². The molecule has 3 aliphatic rings. The number of aromatic amines is 1. The van der Waals surface area contributed by atoms with Crippen LogP contribution >= 0.6 is 0 Å². The van der Waals surface area contributed by atoms with Crippen molar-refractivity contribution in [2.24, 2.45) is 11.8 Å². The normalized spacial score (nSPS) is 32.0. The maximum Gasteiger partial charge on any atom is 0.225 e. The molecule has 0 unspecified atom stereocenters. The largest absolute Gasteiger partial charge is 0.389 e. The Bertz CT molecular complexity index is 570. The smallest absolute Gasteiger partial charge is 0.225 e. The first-order chi connectivity index (χ1) is 11.6. The Morgan fingerprint density at radius 1 is 1.29 bits per heavy atom. The molecule has 0 radical (unpaired) electrons. The van der Waals surface area contributed by atoms with Gasteiger partial charge in [0.15, 0.2) is 0 Å². The second kappa shape index (κ2) is 6.48. The quantitative estimate of drug-likeness (QED) is 0.877. The molecule has 2 atom stereocenters. The number of amides is 1. The van der Waals surface area contributed by atoms with E-state index in [0.29, 0.717) is 12.5 Å². The first-order valence-electron chi connectivity index (χ1n) is 9.36. The van der Waals surface area contributed by atoms with Crippen LogP contribution in [0, 0.1) is 11.8 Å². The zero-order valence-corrected chi connectivity index (χ0v) is 14.3. The minimum Gasteiger partial charge on any atom is -0.389 e. The van der Waals surface area contributed by atoms with E-state index in [0.717, 1.165) is 57.7 Å². The average molecular weight is 332 g/mol. The van der Waals surface area contributed by atoms with Gasteiger partial charge in [-0.2, -0.15) is 0 Å². The van der Waals surface area contributed by atoms with Gasteiger partial charge in [-0.25, -0.2) is 4.98 Å². The molecule has 2 saturated heterocycles. The SMILES string of the molecule is O=C(C1CCCC1)N1CC[C@]2(O)CCN(Cc3ncc[nH]3)C[C@@H]2C1. The molecule has 3 heterocycles. The Morgan fingerprint density at radius 3 is 2.83 bits per heavy atom. The topological polar surface area (TPSA) is 72.5 Å². The summed E-state index contributed by atoms with van der Waals surface area (Å²) in [4.78, 5) is 24.6. The molecule has 0 spiro atoms. The van der Waals surface area contributed by atoms with Crippen LogP contribution in [0.25, 0.3) is 0 Å². The molecule has 6 nitrogen and oxygen atoms in total. The minimum absolute atomic E-state index is 0.153. The van der Waals surface area contributed by atoms with Gasteiger partial charge in [0, 0.05) is 50.4 Å². The van der Waals surface area contributed by atoms with Crippen molar-refractivity contribution in [2.45, 2.75) is 50.7 Å². The van der Waals surface area contributed by atoms with E-state index >= 15 is 0 Å². The lowest BCUT2D eigenvalue weighted by molar-refractivity contribution is -0.150. The number of piperidine rings is 2. The van der Waals surface area contributed by atoms with E-state index in [1.54, 1.807) is 6.20 Å². The Kier molecular flexibility index (Phi) is 4.35. The zero-order chi connectivity index (χ0) is 16.6. The molecule has 24 heavy (non-hydrogen) atoms. The molecule has 132 valence electrons. The van der Waals surface area contributed by atoms with Crippen LogP contribution in [0.2, 0.25) is 0 Å². The van der Waals surface area contributed by atoms with Crippen molar-refractivity contribution in [1.82, 2.24) is 19.8 Å². The summed E-state index contributed by atoms with van der Waals surface area (Å²) in [5.41, 5.74) is -0.591. The fourth-order valence-corrected chi connectivity index (χ4v) is 4.74. The highest BCUT2D eigenvalue weighted by molar-refractivity contribution is 5.79. The van der Waals surface area contributed by atoms with Crippen LogP contribution in [-0.2, 0) is 11.3 Å². The predicted molar refractivity (Wildman–Crippen MR) is 90.1 cm³/mol. The Hall–Kier alpha value is -1.40. The van der Waals surface area contributed by atoms with Gasteiger partial charge in [0.1, 0.15) is 5.82 Å². The number of likely N-dealkylation sites (tertiary alicyclic amines) is 2. The van der Waals surface area contributed by atoms with Crippen molar-refractivity contribution in [3.63, 3.8) is 0 Å². The second-order valence-corrected chi connectivity index (χ2v) is 7.84. The van der Waals surface area contributed by atoms with E-state index in [4.69, 9.17) is 0 Å². The average Bonchev–Trinajstić information content (AvgIpc) is 3.27. The number of H-pyrrole nitrogens is 1. The summed E-state index contributed by atoms with van der Waals surface area (Å²) < 4.78 is 0. The first-order valence-corrected chi connectivity index (χ1v) is 9.36. The van der Waals surface area contributed by atoms with Crippen LogP contribution < -0.4 is 0 Å². The number of carbonyl (C=O) groups is 1. The third kappa shape index (κ3) is 3.09. The van der Waals surface area contributed by atoms with Crippen molar-refractivity contribution >= 4 is 5.91 Å². The Labute approximate surface area is 143 Å². The van der Waals surface area contributed by atoms with Crippen molar-refractivity contribution in [1.29, 1.82) is 0 Å². The number of aliphatic hydroxyl groups is 1. The molecule has 1 aliphatic carbocycles. The number of aromatic nitrogens is 2. The van der Waals surface area contributed by atoms with E-state index in [1.165, 1.54) is 12.8 Å².